The third-order valence-electron chi connectivity index (χ3n) is 8.87. The van der Waals surface area contributed by atoms with Crippen molar-refractivity contribution in [3.8, 4) is 0 Å². The largest absolute Gasteiger partial charge is 0.393 e. The Kier molecular flexibility index (Phi) is 5.51. The molecule has 0 bridgehead atoms. The molecule has 0 spiro atoms. The second-order valence-corrected chi connectivity index (χ2v) is 10.7. The van der Waals surface area contributed by atoms with E-state index in [4.69, 9.17) is 0 Å². The Hall–Kier alpha value is -1.08. The van der Waals surface area contributed by atoms with Crippen molar-refractivity contribution in [1.29, 1.82) is 0 Å². The number of fused-ring (bicyclic) bond motifs is 5. The second-order valence-electron chi connectivity index (χ2n) is 10.7. The molecule has 1 aromatic rings. The van der Waals surface area contributed by atoms with Gasteiger partial charge in [-0.1, -0.05) is 52.0 Å². The Morgan fingerprint density at radius 3 is 2.68 bits per heavy atom. The number of allylic oxidation sites excluding steroid dienone is 1. The Balaban J connectivity index is 1.54. The molecule has 0 amide bonds. The molecule has 1 fully saturated rings. The third kappa shape index (κ3) is 3.38. The molecule has 154 valence electrons. The quantitative estimate of drug-likeness (QED) is 0.570. The molecule has 0 heterocycles. The van der Waals surface area contributed by atoms with Crippen molar-refractivity contribution in [2.24, 2.45) is 23.2 Å². The van der Waals surface area contributed by atoms with Crippen molar-refractivity contribution in [2.75, 3.05) is 0 Å². The average molecular weight is 381 g/mol. The smallest absolute Gasteiger partial charge is 0.0583 e. The predicted octanol–water partition coefficient (Wildman–Crippen LogP) is 6.61. The number of benzene rings is 1. The molecule has 5 atom stereocenters. The summed E-state index contributed by atoms with van der Waals surface area (Å²) < 4.78 is 0. The van der Waals surface area contributed by atoms with E-state index in [1.165, 1.54) is 49.7 Å². The Bertz CT molecular complexity index is 745. The number of hydrogen-bond acceptors (Lipinski definition) is 1. The van der Waals surface area contributed by atoms with Gasteiger partial charge in [-0.3, -0.25) is 0 Å². The van der Waals surface area contributed by atoms with Crippen LogP contribution >= 0.6 is 0 Å². The summed E-state index contributed by atoms with van der Waals surface area (Å²) in [5, 5.41) is 10.1. The first-order valence-corrected chi connectivity index (χ1v) is 11.8. The van der Waals surface area contributed by atoms with Gasteiger partial charge in [0.15, 0.2) is 0 Å². The minimum atomic E-state index is -0.128. The Morgan fingerprint density at radius 2 is 1.93 bits per heavy atom. The first-order chi connectivity index (χ1) is 13.3. The van der Waals surface area contributed by atoms with Crippen molar-refractivity contribution < 1.29 is 5.11 Å². The standard InChI is InChI=1S/C27H40O/c1-17(2)18(3)6-7-19(4)25-12-13-26-24-10-8-20-16-21(28)9-11-22(20)23(24)14-15-27(25,26)5/h8,10,17,19,21,25-26,28H,3,6-7,9,11-16H2,1-2,4-5H3/t19-,21+,25-,26+,27-/m1/s1. The van der Waals surface area contributed by atoms with Crippen LogP contribution in [0, 0.1) is 23.2 Å². The highest BCUT2D eigenvalue weighted by atomic mass is 16.3. The van der Waals surface area contributed by atoms with Crippen molar-refractivity contribution in [2.45, 2.75) is 97.5 Å². The van der Waals surface area contributed by atoms with E-state index in [2.05, 4.69) is 46.4 Å². The number of hydrogen-bond donors (Lipinski definition) is 1. The summed E-state index contributed by atoms with van der Waals surface area (Å²) >= 11 is 0. The zero-order valence-corrected chi connectivity index (χ0v) is 18.6. The van der Waals surface area contributed by atoms with Crippen molar-refractivity contribution in [3.05, 3.63) is 46.5 Å². The van der Waals surface area contributed by atoms with Gasteiger partial charge in [-0.15, -0.1) is 0 Å². The van der Waals surface area contributed by atoms with Crippen LogP contribution in [-0.4, -0.2) is 11.2 Å². The van der Waals surface area contributed by atoms with Crippen LogP contribution in [0.5, 0.6) is 0 Å². The van der Waals surface area contributed by atoms with Gasteiger partial charge in [0.05, 0.1) is 6.10 Å². The van der Waals surface area contributed by atoms with Gasteiger partial charge >= 0.3 is 0 Å². The minimum absolute atomic E-state index is 0.128. The van der Waals surface area contributed by atoms with E-state index in [1.54, 1.807) is 16.7 Å². The number of rotatable bonds is 5. The second kappa shape index (κ2) is 7.63. The van der Waals surface area contributed by atoms with Crippen molar-refractivity contribution in [3.63, 3.8) is 0 Å². The summed E-state index contributed by atoms with van der Waals surface area (Å²) in [6.45, 7) is 14.0. The lowest BCUT2D eigenvalue weighted by Crippen LogP contribution is -2.36. The van der Waals surface area contributed by atoms with Crippen LogP contribution < -0.4 is 0 Å². The summed E-state index contributed by atoms with van der Waals surface area (Å²) in [5.74, 6) is 3.00. The fraction of sp³-hybridized carbons (Fsp3) is 0.704. The van der Waals surface area contributed by atoms with E-state index in [1.807, 2.05) is 0 Å². The molecule has 0 aliphatic heterocycles. The topological polar surface area (TPSA) is 20.2 Å². The zero-order valence-electron chi connectivity index (χ0n) is 18.6. The van der Waals surface area contributed by atoms with Crippen molar-refractivity contribution in [1.82, 2.24) is 0 Å². The normalized spacial score (nSPS) is 32.6. The van der Waals surface area contributed by atoms with E-state index < -0.39 is 0 Å². The van der Waals surface area contributed by atoms with E-state index in [-0.39, 0.29) is 6.10 Å². The minimum Gasteiger partial charge on any atom is -0.393 e. The Morgan fingerprint density at radius 1 is 1.14 bits per heavy atom. The molecule has 1 heteroatoms. The molecule has 3 aliphatic carbocycles. The van der Waals surface area contributed by atoms with E-state index in [0.29, 0.717) is 11.3 Å². The summed E-state index contributed by atoms with van der Waals surface area (Å²) in [6.07, 6.45) is 10.6. The summed E-state index contributed by atoms with van der Waals surface area (Å²) in [4.78, 5) is 0. The zero-order chi connectivity index (χ0) is 20.1. The van der Waals surface area contributed by atoms with Crippen LogP contribution in [0.15, 0.2) is 24.3 Å². The van der Waals surface area contributed by atoms with Gasteiger partial charge < -0.3 is 5.11 Å². The van der Waals surface area contributed by atoms with Gasteiger partial charge in [0, 0.05) is 0 Å². The van der Waals surface area contributed by atoms with E-state index in [0.717, 1.165) is 37.0 Å². The lowest BCUT2D eigenvalue weighted by molar-refractivity contribution is 0.120. The summed E-state index contributed by atoms with van der Waals surface area (Å²) in [7, 11) is 0. The first kappa shape index (κ1) is 20.2. The molecule has 1 saturated carbocycles. The van der Waals surface area contributed by atoms with Gasteiger partial charge in [0.25, 0.3) is 0 Å². The Labute approximate surface area is 172 Å². The lowest BCUT2D eigenvalue weighted by atomic mass is 9.59. The van der Waals surface area contributed by atoms with E-state index >= 15 is 0 Å². The molecule has 4 rings (SSSR count). The van der Waals surface area contributed by atoms with Crippen LogP contribution in [0.4, 0.5) is 0 Å². The molecule has 0 saturated heterocycles. The van der Waals surface area contributed by atoms with Gasteiger partial charge in [-0.25, -0.2) is 0 Å². The van der Waals surface area contributed by atoms with Gasteiger partial charge in [0.1, 0.15) is 0 Å². The lowest BCUT2D eigenvalue weighted by Gasteiger charge is -2.45. The maximum absolute atomic E-state index is 10.1. The third-order valence-corrected chi connectivity index (χ3v) is 8.87. The van der Waals surface area contributed by atoms with Crippen LogP contribution in [0.25, 0.3) is 0 Å². The fourth-order valence-corrected chi connectivity index (χ4v) is 6.92. The first-order valence-electron chi connectivity index (χ1n) is 11.8. The van der Waals surface area contributed by atoms with Gasteiger partial charge in [-0.05, 0) is 109 Å². The molecular formula is C27H40O. The predicted molar refractivity (Wildman–Crippen MR) is 119 cm³/mol. The fourth-order valence-electron chi connectivity index (χ4n) is 6.92. The highest BCUT2D eigenvalue weighted by molar-refractivity contribution is 5.47. The molecule has 0 aromatic heterocycles. The van der Waals surface area contributed by atoms with Crippen LogP contribution in [0.2, 0.25) is 0 Å². The van der Waals surface area contributed by atoms with Gasteiger partial charge in [0.2, 0.25) is 0 Å². The van der Waals surface area contributed by atoms with Crippen LogP contribution in [0.3, 0.4) is 0 Å². The molecular weight excluding hydrogens is 340 g/mol. The molecule has 1 aromatic carbocycles. The molecule has 1 N–H and O–H groups in total. The maximum Gasteiger partial charge on any atom is 0.0583 e. The molecule has 3 aliphatic rings. The molecule has 28 heavy (non-hydrogen) atoms. The highest BCUT2D eigenvalue weighted by Gasteiger charge is 2.51. The maximum atomic E-state index is 10.1. The molecule has 0 unspecified atom stereocenters. The molecule has 1 nitrogen and oxygen atoms in total. The molecule has 0 radical (unpaired) electrons. The summed E-state index contributed by atoms with van der Waals surface area (Å²) in [5.41, 5.74) is 8.27. The number of aliphatic hydroxyl groups is 1. The monoisotopic (exact) mass is 380 g/mol. The SMILES string of the molecule is C=C(CC[C@@H](C)[C@H]1CC[C@H]2c3ccc4c(c3CC[C@]12C)CC[C@H](O)C4)C(C)C. The number of aliphatic hydroxyl groups excluding tert-OH is 1. The van der Waals surface area contributed by atoms with Crippen LogP contribution in [-0.2, 0) is 19.3 Å². The summed E-state index contributed by atoms with van der Waals surface area (Å²) in [6, 6.07) is 4.80. The van der Waals surface area contributed by atoms with E-state index in [9.17, 15) is 5.11 Å². The highest BCUT2D eigenvalue weighted by Crippen LogP contribution is 2.61. The van der Waals surface area contributed by atoms with Crippen LogP contribution in [0.1, 0.15) is 94.4 Å². The van der Waals surface area contributed by atoms with Crippen molar-refractivity contribution >= 4 is 0 Å². The van der Waals surface area contributed by atoms with Gasteiger partial charge in [-0.2, -0.15) is 0 Å². The average Bonchev–Trinajstić information content (AvgIpc) is 3.02.